The van der Waals surface area contributed by atoms with Gasteiger partial charge in [-0.1, -0.05) is 37.1 Å². The van der Waals surface area contributed by atoms with Gasteiger partial charge < -0.3 is 5.11 Å². The number of likely N-dealkylation sites (tertiary alicyclic amines) is 1. The van der Waals surface area contributed by atoms with Crippen LogP contribution in [0.25, 0.3) is 10.8 Å². The zero-order chi connectivity index (χ0) is 14.7. The molecule has 1 aromatic heterocycles. The van der Waals surface area contributed by atoms with Crippen LogP contribution in [0.15, 0.2) is 36.7 Å². The second-order valence-corrected chi connectivity index (χ2v) is 5.64. The number of carboxylic acids is 1. The molecule has 0 bridgehead atoms. The second-order valence-electron chi connectivity index (χ2n) is 5.64. The molecule has 1 N–H and O–H groups in total. The Bertz CT molecular complexity index is 628. The first kappa shape index (κ1) is 14.0. The topological polar surface area (TPSA) is 53.4 Å². The Balaban J connectivity index is 2.05. The zero-order valence-corrected chi connectivity index (χ0v) is 12.0. The molecule has 0 spiro atoms. The maximum atomic E-state index is 11.9. The van der Waals surface area contributed by atoms with Crippen LogP contribution in [0, 0.1) is 0 Å². The summed E-state index contributed by atoms with van der Waals surface area (Å²) in [5.74, 6) is -0.782. The number of pyridine rings is 1. The first-order valence-electron chi connectivity index (χ1n) is 7.57. The summed E-state index contributed by atoms with van der Waals surface area (Å²) in [5, 5.41) is 11.7. The molecule has 2 aromatic rings. The highest BCUT2D eigenvalue weighted by atomic mass is 16.4. The number of aliphatic carboxylic acids is 1. The maximum absolute atomic E-state index is 11.9. The lowest BCUT2D eigenvalue weighted by Crippen LogP contribution is -2.35. The van der Waals surface area contributed by atoms with Crippen molar-refractivity contribution in [3.63, 3.8) is 0 Å². The summed E-state index contributed by atoms with van der Waals surface area (Å²) in [7, 11) is 0. The monoisotopic (exact) mass is 284 g/mol. The number of rotatable bonds is 3. The lowest BCUT2D eigenvalue weighted by atomic mass is 10.00. The molecule has 1 aliphatic rings. The van der Waals surface area contributed by atoms with Crippen LogP contribution in [-0.2, 0) is 4.79 Å². The van der Waals surface area contributed by atoms with E-state index in [4.69, 9.17) is 0 Å². The van der Waals surface area contributed by atoms with Crippen LogP contribution in [0.1, 0.15) is 37.3 Å². The molecule has 1 saturated heterocycles. The van der Waals surface area contributed by atoms with Gasteiger partial charge in [-0.3, -0.25) is 14.7 Å². The van der Waals surface area contributed by atoms with Crippen molar-refractivity contribution in [1.29, 1.82) is 0 Å². The summed E-state index contributed by atoms with van der Waals surface area (Å²) in [4.78, 5) is 18.2. The van der Waals surface area contributed by atoms with Crippen molar-refractivity contribution in [1.82, 2.24) is 9.88 Å². The molecule has 3 rings (SSSR count). The second kappa shape index (κ2) is 6.22. The average molecular weight is 284 g/mol. The molecule has 1 atom stereocenters. The van der Waals surface area contributed by atoms with Gasteiger partial charge in [0.2, 0.25) is 0 Å². The number of carboxylic acid groups (broad SMARTS) is 1. The third-order valence-corrected chi connectivity index (χ3v) is 4.23. The van der Waals surface area contributed by atoms with Crippen LogP contribution in [0.5, 0.6) is 0 Å². The third-order valence-electron chi connectivity index (χ3n) is 4.23. The van der Waals surface area contributed by atoms with Gasteiger partial charge in [-0.05, 0) is 31.3 Å². The predicted molar refractivity (Wildman–Crippen MR) is 82.2 cm³/mol. The van der Waals surface area contributed by atoms with E-state index in [0.717, 1.165) is 42.3 Å². The van der Waals surface area contributed by atoms with Gasteiger partial charge in [0.1, 0.15) is 6.04 Å². The molecule has 2 heterocycles. The van der Waals surface area contributed by atoms with E-state index in [1.54, 1.807) is 12.4 Å². The minimum Gasteiger partial charge on any atom is -0.480 e. The molecular formula is C17H20N2O2. The number of nitrogens with zero attached hydrogens (tertiary/aromatic N) is 2. The van der Waals surface area contributed by atoms with Crippen LogP contribution in [0.2, 0.25) is 0 Å². The van der Waals surface area contributed by atoms with E-state index in [1.807, 2.05) is 24.3 Å². The molecule has 4 heteroatoms. The molecule has 0 saturated carbocycles. The van der Waals surface area contributed by atoms with Crippen molar-refractivity contribution < 1.29 is 9.90 Å². The number of hydrogen-bond donors (Lipinski definition) is 1. The van der Waals surface area contributed by atoms with E-state index in [0.29, 0.717) is 0 Å². The fraction of sp³-hybridized carbons (Fsp3) is 0.412. The van der Waals surface area contributed by atoms with E-state index < -0.39 is 12.0 Å². The fourth-order valence-electron chi connectivity index (χ4n) is 3.20. The number of aromatic nitrogens is 1. The summed E-state index contributed by atoms with van der Waals surface area (Å²) in [5.41, 5.74) is 0.808. The molecule has 0 radical (unpaired) electrons. The molecule has 0 aliphatic carbocycles. The number of hydrogen-bond acceptors (Lipinski definition) is 3. The number of carbonyl (C=O) groups is 1. The fourth-order valence-corrected chi connectivity index (χ4v) is 3.20. The Hall–Kier alpha value is -1.94. The van der Waals surface area contributed by atoms with Crippen molar-refractivity contribution in [2.75, 3.05) is 13.1 Å². The molecule has 0 amide bonds. The van der Waals surface area contributed by atoms with Gasteiger partial charge in [-0.25, -0.2) is 0 Å². The number of benzene rings is 1. The van der Waals surface area contributed by atoms with Crippen molar-refractivity contribution in [3.8, 4) is 0 Å². The highest BCUT2D eigenvalue weighted by Gasteiger charge is 2.29. The van der Waals surface area contributed by atoms with Crippen LogP contribution in [0.4, 0.5) is 0 Å². The smallest absolute Gasteiger partial charge is 0.325 e. The average Bonchev–Trinajstić information content (AvgIpc) is 2.77. The van der Waals surface area contributed by atoms with Crippen LogP contribution >= 0.6 is 0 Å². The molecule has 1 aliphatic heterocycles. The predicted octanol–water partition coefficient (Wildman–Crippen LogP) is 3.24. The minimum atomic E-state index is -0.782. The van der Waals surface area contributed by atoms with Gasteiger partial charge in [-0.15, -0.1) is 0 Å². The molecule has 1 fully saturated rings. The third kappa shape index (κ3) is 2.90. The SMILES string of the molecule is O=C(O)C(c1cncc2ccccc12)N1CCCCCC1. The Labute approximate surface area is 124 Å². The Morgan fingerprint density at radius 2 is 1.81 bits per heavy atom. The largest absolute Gasteiger partial charge is 0.480 e. The van der Waals surface area contributed by atoms with Gasteiger partial charge >= 0.3 is 5.97 Å². The molecule has 21 heavy (non-hydrogen) atoms. The lowest BCUT2D eigenvalue weighted by Gasteiger charge is -2.28. The van der Waals surface area contributed by atoms with Gasteiger partial charge in [0, 0.05) is 23.3 Å². The molecular weight excluding hydrogens is 264 g/mol. The van der Waals surface area contributed by atoms with Crippen molar-refractivity contribution >= 4 is 16.7 Å². The lowest BCUT2D eigenvalue weighted by molar-refractivity contribution is -0.143. The molecule has 1 unspecified atom stereocenters. The van der Waals surface area contributed by atoms with E-state index in [1.165, 1.54) is 12.8 Å². The number of fused-ring (bicyclic) bond motifs is 1. The summed E-state index contributed by atoms with van der Waals surface area (Å²) in [6.07, 6.45) is 8.03. The Morgan fingerprint density at radius 3 is 2.52 bits per heavy atom. The van der Waals surface area contributed by atoms with Crippen LogP contribution in [-0.4, -0.2) is 34.0 Å². The first-order valence-corrected chi connectivity index (χ1v) is 7.57. The Kier molecular flexibility index (Phi) is 4.15. The van der Waals surface area contributed by atoms with Crippen molar-refractivity contribution in [3.05, 3.63) is 42.2 Å². The summed E-state index contributed by atoms with van der Waals surface area (Å²) in [6.45, 7) is 1.69. The summed E-state index contributed by atoms with van der Waals surface area (Å²) >= 11 is 0. The van der Waals surface area contributed by atoms with Gasteiger partial charge in [-0.2, -0.15) is 0 Å². The highest BCUT2D eigenvalue weighted by Crippen LogP contribution is 2.29. The van der Waals surface area contributed by atoms with E-state index >= 15 is 0 Å². The van der Waals surface area contributed by atoms with E-state index in [-0.39, 0.29) is 0 Å². The summed E-state index contributed by atoms with van der Waals surface area (Å²) < 4.78 is 0. The van der Waals surface area contributed by atoms with Crippen molar-refractivity contribution in [2.24, 2.45) is 0 Å². The van der Waals surface area contributed by atoms with E-state index in [2.05, 4.69) is 9.88 Å². The minimum absolute atomic E-state index is 0.596. The molecule has 4 nitrogen and oxygen atoms in total. The van der Waals surface area contributed by atoms with E-state index in [9.17, 15) is 9.90 Å². The Morgan fingerprint density at radius 1 is 1.10 bits per heavy atom. The molecule has 110 valence electrons. The zero-order valence-electron chi connectivity index (χ0n) is 12.0. The summed E-state index contributed by atoms with van der Waals surface area (Å²) in [6, 6.07) is 7.28. The normalized spacial score (nSPS) is 18.3. The standard InChI is InChI=1S/C17H20N2O2/c20-17(21)16(19-9-5-1-2-6-10-19)15-12-18-11-13-7-3-4-8-14(13)15/h3-4,7-8,11-12,16H,1-2,5-6,9-10H2,(H,20,21). The van der Waals surface area contributed by atoms with Gasteiger partial charge in [0.15, 0.2) is 0 Å². The van der Waals surface area contributed by atoms with Crippen molar-refractivity contribution in [2.45, 2.75) is 31.7 Å². The quantitative estimate of drug-likeness (QED) is 0.940. The highest BCUT2D eigenvalue weighted by molar-refractivity contribution is 5.89. The first-order chi connectivity index (χ1) is 10.3. The van der Waals surface area contributed by atoms with Crippen LogP contribution in [0.3, 0.4) is 0 Å². The molecule has 1 aromatic carbocycles. The van der Waals surface area contributed by atoms with Gasteiger partial charge in [0.05, 0.1) is 0 Å². The van der Waals surface area contributed by atoms with Gasteiger partial charge in [0.25, 0.3) is 0 Å². The van der Waals surface area contributed by atoms with Crippen LogP contribution < -0.4 is 0 Å². The maximum Gasteiger partial charge on any atom is 0.325 e.